The monoisotopic (exact) mass is 376 g/mol. The first kappa shape index (κ1) is 31.3. The number of aliphatic carboxylic acids is 3. The lowest BCUT2D eigenvalue weighted by Crippen LogP contribution is -1.92. The molecule has 8 heteroatoms. The quantitative estimate of drug-likeness (QED) is 0.320. The van der Waals surface area contributed by atoms with E-state index in [1.807, 2.05) is 0 Å². The van der Waals surface area contributed by atoms with Gasteiger partial charge in [-0.15, -0.1) is 0 Å². The van der Waals surface area contributed by atoms with Gasteiger partial charge in [-0.3, -0.25) is 0 Å². The maximum absolute atomic E-state index is 9.60. The molecule has 26 heavy (non-hydrogen) atoms. The summed E-state index contributed by atoms with van der Waals surface area (Å²) >= 11 is 0. The molecule has 0 aliphatic rings. The molecule has 0 bridgehead atoms. The number of carboxylic acids is 3. The molecule has 0 saturated carbocycles. The summed E-state index contributed by atoms with van der Waals surface area (Å²) in [4.78, 5) is 28.8. The van der Waals surface area contributed by atoms with Gasteiger partial charge in [0.1, 0.15) is 0 Å². The summed E-state index contributed by atoms with van der Waals surface area (Å²) in [5, 5.41) is 40.3. The Kier molecular flexibility index (Phi) is 27.2. The van der Waals surface area contributed by atoms with E-state index in [0.29, 0.717) is 0 Å². The molecule has 152 valence electrons. The van der Waals surface area contributed by atoms with E-state index < -0.39 is 17.9 Å². The molecular formula is C18H32O8. The van der Waals surface area contributed by atoms with Crippen LogP contribution in [0.4, 0.5) is 0 Å². The third-order valence-corrected chi connectivity index (χ3v) is 2.16. The maximum atomic E-state index is 9.60. The number of unbranched alkanes of at least 4 members (excludes halogenated alkanes) is 3. The molecule has 0 aromatic rings. The zero-order chi connectivity index (χ0) is 21.7. The Bertz CT molecular complexity index is 353. The summed E-state index contributed by atoms with van der Waals surface area (Å²) in [7, 11) is 0. The smallest absolute Gasteiger partial charge is 0.330 e. The van der Waals surface area contributed by atoms with E-state index in [9.17, 15) is 14.4 Å². The van der Waals surface area contributed by atoms with Crippen molar-refractivity contribution in [1.29, 1.82) is 0 Å². The number of aliphatic hydroxyl groups is 2. The van der Waals surface area contributed by atoms with Crippen molar-refractivity contribution in [2.75, 3.05) is 13.2 Å². The molecule has 5 N–H and O–H groups in total. The molecule has 0 aromatic heterocycles. The van der Waals surface area contributed by atoms with Crippen LogP contribution in [0, 0.1) is 0 Å². The third-order valence-electron chi connectivity index (χ3n) is 2.16. The molecule has 0 aromatic carbocycles. The van der Waals surface area contributed by atoms with Crippen LogP contribution in [0.2, 0.25) is 0 Å². The van der Waals surface area contributed by atoms with Crippen molar-refractivity contribution >= 4 is 17.9 Å². The van der Waals surface area contributed by atoms with E-state index in [4.69, 9.17) is 25.5 Å². The van der Waals surface area contributed by atoms with Gasteiger partial charge in [0.25, 0.3) is 0 Å². The van der Waals surface area contributed by atoms with Gasteiger partial charge in [-0.1, -0.05) is 32.6 Å². The van der Waals surface area contributed by atoms with Gasteiger partial charge in [0, 0.05) is 29.9 Å². The van der Waals surface area contributed by atoms with Crippen LogP contribution in [-0.4, -0.2) is 56.7 Å². The standard InChI is InChI=1S/C6H14O2.3C4H6O2/c7-5-3-1-2-4-6-8;3*1-3(2)4(5)6/h7-8H,1-6H2;3*1H2,2H3,(H,5,6). The van der Waals surface area contributed by atoms with Crippen molar-refractivity contribution < 1.29 is 39.9 Å². The van der Waals surface area contributed by atoms with E-state index in [1.54, 1.807) is 0 Å². The minimum atomic E-state index is -0.935. The lowest BCUT2D eigenvalue weighted by Gasteiger charge is -1.93. The molecule has 0 aliphatic carbocycles. The van der Waals surface area contributed by atoms with Gasteiger partial charge >= 0.3 is 17.9 Å². The predicted octanol–water partition coefficient (Wildman–Crippen LogP) is 2.47. The van der Waals surface area contributed by atoms with Gasteiger partial charge in [0.2, 0.25) is 0 Å². The van der Waals surface area contributed by atoms with Crippen molar-refractivity contribution in [2.45, 2.75) is 46.5 Å². The summed E-state index contributed by atoms with van der Waals surface area (Å²) in [6.45, 7) is 14.4. The van der Waals surface area contributed by atoms with Crippen LogP contribution in [0.15, 0.2) is 36.5 Å². The summed E-state index contributed by atoms with van der Waals surface area (Å²) in [5.74, 6) is -2.81. The summed E-state index contributed by atoms with van der Waals surface area (Å²) < 4.78 is 0. The minimum absolute atomic E-state index is 0.176. The number of hydrogen-bond acceptors (Lipinski definition) is 5. The van der Waals surface area contributed by atoms with Crippen molar-refractivity contribution in [2.24, 2.45) is 0 Å². The van der Waals surface area contributed by atoms with Crippen LogP contribution < -0.4 is 0 Å². The molecule has 0 rings (SSSR count). The first-order valence-corrected chi connectivity index (χ1v) is 7.73. The Morgan fingerprint density at radius 2 is 0.731 bits per heavy atom. The molecule has 0 aliphatic heterocycles. The number of hydrogen-bond donors (Lipinski definition) is 5. The second-order valence-electron chi connectivity index (χ2n) is 5.12. The predicted molar refractivity (Wildman–Crippen MR) is 100.0 cm³/mol. The SMILES string of the molecule is C=C(C)C(=O)O.C=C(C)C(=O)O.C=C(C)C(=O)O.OCCCCCCO. The zero-order valence-electron chi connectivity index (χ0n) is 15.8. The summed E-state index contributed by atoms with van der Waals surface area (Å²) in [6.07, 6.45) is 3.83. The van der Waals surface area contributed by atoms with Crippen molar-refractivity contribution in [3.05, 3.63) is 36.5 Å². The van der Waals surface area contributed by atoms with E-state index in [1.165, 1.54) is 20.8 Å². The Balaban J connectivity index is -0.000000125. The van der Waals surface area contributed by atoms with Crippen molar-refractivity contribution in [3.8, 4) is 0 Å². The van der Waals surface area contributed by atoms with Crippen molar-refractivity contribution in [1.82, 2.24) is 0 Å². The van der Waals surface area contributed by atoms with Gasteiger partial charge in [-0.25, -0.2) is 14.4 Å². The fourth-order valence-electron chi connectivity index (χ4n) is 0.577. The number of aliphatic hydroxyl groups excluding tert-OH is 2. The second kappa shape index (κ2) is 22.6. The first-order valence-electron chi connectivity index (χ1n) is 7.73. The van der Waals surface area contributed by atoms with Gasteiger partial charge in [0.05, 0.1) is 0 Å². The Labute approximate surface area is 154 Å². The largest absolute Gasteiger partial charge is 0.478 e. The van der Waals surface area contributed by atoms with Crippen LogP contribution in [0.1, 0.15) is 46.5 Å². The second-order valence-corrected chi connectivity index (χ2v) is 5.12. The highest BCUT2D eigenvalue weighted by atomic mass is 16.4. The molecule has 8 nitrogen and oxygen atoms in total. The van der Waals surface area contributed by atoms with E-state index in [-0.39, 0.29) is 29.9 Å². The molecule has 0 atom stereocenters. The topological polar surface area (TPSA) is 152 Å². The molecule has 0 spiro atoms. The van der Waals surface area contributed by atoms with Gasteiger partial charge in [-0.05, 0) is 33.6 Å². The van der Waals surface area contributed by atoms with Gasteiger partial charge in [0.15, 0.2) is 0 Å². The normalized spacial score (nSPS) is 8.19. The molecule has 0 saturated heterocycles. The van der Waals surface area contributed by atoms with E-state index in [2.05, 4.69) is 19.7 Å². The highest BCUT2D eigenvalue weighted by Crippen LogP contribution is 1.96. The molecule has 0 radical (unpaired) electrons. The maximum Gasteiger partial charge on any atom is 0.330 e. The number of rotatable bonds is 8. The Morgan fingerprint density at radius 3 is 0.808 bits per heavy atom. The summed E-state index contributed by atoms with van der Waals surface area (Å²) in [5.41, 5.74) is 0.528. The van der Waals surface area contributed by atoms with Gasteiger partial charge < -0.3 is 25.5 Å². The summed E-state index contributed by atoms with van der Waals surface area (Å²) in [6, 6.07) is 0. The van der Waals surface area contributed by atoms with Gasteiger partial charge in [-0.2, -0.15) is 0 Å². The number of carboxylic acid groups (broad SMARTS) is 3. The lowest BCUT2D eigenvalue weighted by molar-refractivity contribution is -0.133. The Hall–Kier alpha value is -2.45. The van der Waals surface area contributed by atoms with Crippen LogP contribution in [0.5, 0.6) is 0 Å². The lowest BCUT2D eigenvalue weighted by atomic mass is 10.2. The molecule has 0 fully saturated rings. The average molecular weight is 376 g/mol. The van der Waals surface area contributed by atoms with Crippen molar-refractivity contribution in [3.63, 3.8) is 0 Å². The molecular weight excluding hydrogens is 344 g/mol. The number of carbonyl (C=O) groups is 3. The fraction of sp³-hybridized carbons (Fsp3) is 0.500. The molecule has 0 unspecified atom stereocenters. The molecule has 0 amide bonds. The average Bonchev–Trinajstić information content (AvgIpc) is 2.53. The first-order chi connectivity index (χ1) is 11.8. The molecule has 0 heterocycles. The highest BCUT2D eigenvalue weighted by molar-refractivity contribution is 5.85. The van der Waals surface area contributed by atoms with Crippen LogP contribution in [0.25, 0.3) is 0 Å². The van der Waals surface area contributed by atoms with Crippen LogP contribution >= 0.6 is 0 Å². The Morgan fingerprint density at radius 1 is 0.577 bits per heavy atom. The van der Waals surface area contributed by atoms with E-state index in [0.717, 1.165) is 25.7 Å². The van der Waals surface area contributed by atoms with E-state index >= 15 is 0 Å². The minimum Gasteiger partial charge on any atom is -0.478 e. The van der Waals surface area contributed by atoms with Crippen LogP contribution in [0.3, 0.4) is 0 Å². The third kappa shape index (κ3) is 43.0. The van der Waals surface area contributed by atoms with Crippen LogP contribution in [-0.2, 0) is 14.4 Å². The fourth-order valence-corrected chi connectivity index (χ4v) is 0.577. The zero-order valence-corrected chi connectivity index (χ0v) is 15.8. The highest BCUT2D eigenvalue weighted by Gasteiger charge is 1.91.